The zero-order valence-electron chi connectivity index (χ0n) is 11.7. The second kappa shape index (κ2) is 6.37. The van der Waals surface area contributed by atoms with Crippen molar-refractivity contribution in [1.29, 1.82) is 0 Å². The predicted octanol–water partition coefficient (Wildman–Crippen LogP) is 3.53. The van der Waals surface area contributed by atoms with Crippen molar-refractivity contribution in [3.8, 4) is 11.6 Å². The number of nitrogens with zero attached hydrogens (tertiary/aromatic N) is 2. The summed E-state index contributed by atoms with van der Waals surface area (Å²) in [6.45, 7) is 5.55. The first kappa shape index (κ1) is 15.0. The van der Waals surface area contributed by atoms with Crippen LogP contribution < -0.4 is 10.1 Å². The zero-order chi connectivity index (χ0) is 14.7. The summed E-state index contributed by atoms with van der Waals surface area (Å²) >= 11 is 3.15. The highest BCUT2D eigenvalue weighted by Gasteiger charge is 2.15. The standard InChI is InChI=1S/C14H17BrFN3O/c1-4-17-8-11-9(2)18-19(3)14(11)20-10-5-6-13(16)12(15)7-10/h5-7,17H,4,8H2,1-3H3. The number of aromatic nitrogens is 2. The lowest BCUT2D eigenvalue weighted by Crippen LogP contribution is -2.12. The Labute approximate surface area is 126 Å². The number of halogens is 2. The number of hydrogen-bond acceptors (Lipinski definition) is 3. The maximum atomic E-state index is 13.2. The summed E-state index contributed by atoms with van der Waals surface area (Å²) in [7, 11) is 1.83. The average molecular weight is 342 g/mol. The van der Waals surface area contributed by atoms with Crippen molar-refractivity contribution in [1.82, 2.24) is 15.1 Å². The van der Waals surface area contributed by atoms with Crippen LogP contribution in [0.1, 0.15) is 18.2 Å². The molecule has 0 bridgehead atoms. The summed E-state index contributed by atoms with van der Waals surface area (Å²) in [6, 6.07) is 4.57. The molecule has 2 rings (SSSR count). The maximum absolute atomic E-state index is 13.2. The molecule has 0 saturated heterocycles. The molecule has 0 amide bonds. The van der Waals surface area contributed by atoms with E-state index in [4.69, 9.17) is 4.74 Å². The number of aryl methyl sites for hydroxylation is 2. The van der Waals surface area contributed by atoms with E-state index in [2.05, 4.69) is 26.3 Å². The molecule has 20 heavy (non-hydrogen) atoms. The van der Waals surface area contributed by atoms with Crippen molar-refractivity contribution in [3.63, 3.8) is 0 Å². The lowest BCUT2D eigenvalue weighted by molar-refractivity contribution is 0.422. The van der Waals surface area contributed by atoms with Gasteiger partial charge in [-0.05, 0) is 47.6 Å². The Morgan fingerprint density at radius 3 is 2.85 bits per heavy atom. The van der Waals surface area contributed by atoms with E-state index >= 15 is 0 Å². The van der Waals surface area contributed by atoms with Gasteiger partial charge >= 0.3 is 0 Å². The third-order valence-corrected chi connectivity index (χ3v) is 3.55. The summed E-state index contributed by atoms with van der Waals surface area (Å²) in [5, 5.41) is 7.63. The molecule has 0 aliphatic rings. The van der Waals surface area contributed by atoms with Gasteiger partial charge in [0.2, 0.25) is 5.88 Å². The molecule has 1 aromatic carbocycles. The molecular formula is C14H17BrFN3O. The minimum Gasteiger partial charge on any atom is -0.439 e. The van der Waals surface area contributed by atoms with Gasteiger partial charge in [0, 0.05) is 13.6 Å². The number of rotatable bonds is 5. The first-order valence-corrected chi connectivity index (χ1v) is 7.18. The van der Waals surface area contributed by atoms with Gasteiger partial charge in [0.15, 0.2) is 0 Å². The van der Waals surface area contributed by atoms with Gasteiger partial charge in [-0.3, -0.25) is 0 Å². The number of benzene rings is 1. The molecule has 4 nitrogen and oxygen atoms in total. The van der Waals surface area contributed by atoms with Gasteiger partial charge in [0.25, 0.3) is 0 Å². The molecule has 0 fully saturated rings. The van der Waals surface area contributed by atoms with Crippen molar-refractivity contribution in [3.05, 3.63) is 39.7 Å². The molecule has 0 saturated carbocycles. The number of ether oxygens (including phenoxy) is 1. The first-order chi connectivity index (χ1) is 9.52. The lowest BCUT2D eigenvalue weighted by atomic mass is 10.2. The van der Waals surface area contributed by atoms with Gasteiger partial charge in [-0.25, -0.2) is 9.07 Å². The third kappa shape index (κ3) is 3.19. The van der Waals surface area contributed by atoms with E-state index in [0.717, 1.165) is 17.8 Å². The minimum absolute atomic E-state index is 0.314. The van der Waals surface area contributed by atoms with Crippen molar-refractivity contribution in [2.45, 2.75) is 20.4 Å². The highest BCUT2D eigenvalue weighted by molar-refractivity contribution is 9.10. The number of hydrogen-bond donors (Lipinski definition) is 1. The predicted molar refractivity (Wildman–Crippen MR) is 79.5 cm³/mol. The highest BCUT2D eigenvalue weighted by Crippen LogP contribution is 2.29. The quantitative estimate of drug-likeness (QED) is 0.904. The first-order valence-electron chi connectivity index (χ1n) is 6.39. The van der Waals surface area contributed by atoms with Crippen molar-refractivity contribution < 1.29 is 9.13 Å². The van der Waals surface area contributed by atoms with Crippen molar-refractivity contribution in [2.24, 2.45) is 7.05 Å². The molecule has 0 unspecified atom stereocenters. The molecule has 1 heterocycles. The Hall–Kier alpha value is -1.40. The zero-order valence-corrected chi connectivity index (χ0v) is 13.3. The van der Waals surface area contributed by atoms with Gasteiger partial charge in [0.05, 0.1) is 15.7 Å². The third-order valence-electron chi connectivity index (χ3n) is 2.95. The second-order valence-electron chi connectivity index (χ2n) is 4.45. The Morgan fingerprint density at radius 2 is 2.20 bits per heavy atom. The number of nitrogens with one attached hydrogen (secondary N) is 1. The van der Waals surface area contributed by atoms with E-state index in [1.807, 2.05) is 20.9 Å². The topological polar surface area (TPSA) is 39.1 Å². The summed E-state index contributed by atoms with van der Waals surface area (Å²) in [6.07, 6.45) is 0. The Kier molecular flexibility index (Phi) is 4.77. The molecule has 0 radical (unpaired) electrons. The molecule has 0 aliphatic heterocycles. The van der Waals surface area contributed by atoms with E-state index in [1.165, 1.54) is 6.07 Å². The highest BCUT2D eigenvalue weighted by atomic mass is 79.9. The van der Waals surface area contributed by atoms with Crippen LogP contribution in [0.4, 0.5) is 4.39 Å². The maximum Gasteiger partial charge on any atom is 0.222 e. The molecule has 2 aromatic rings. The molecule has 1 N–H and O–H groups in total. The average Bonchev–Trinajstić information content (AvgIpc) is 2.66. The smallest absolute Gasteiger partial charge is 0.222 e. The van der Waals surface area contributed by atoms with Crippen LogP contribution in [0.25, 0.3) is 0 Å². The second-order valence-corrected chi connectivity index (χ2v) is 5.31. The van der Waals surface area contributed by atoms with Gasteiger partial charge < -0.3 is 10.1 Å². The lowest BCUT2D eigenvalue weighted by Gasteiger charge is -2.09. The molecule has 0 spiro atoms. The van der Waals surface area contributed by atoms with Crippen LogP contribution in [0.5, 0.6) is 11.6 Å². The molecule has 0 aliphatic carbocycles. The summed E-state index contributed by atoms with van der Waals surface area (Å²) in [4.78, 5) is 0. The normalized spacial score (nSPS) is 10.8. The molecule has 0 atom stereocenters. The molecule has 1 aromatic heterocycles. The summed E-state index contributed by atoms with van der Waals surface area (Å²) in [5.74, 6) is 0.924. The Bertz CT molecular complexity index is 613. The van der Waals surface area contributed by atoms with E-state index in [9.17, 15) is 4.39 Å². The van der Waals surface area contributed by atoms with Crippen molar-refractivity contribution in [2.75, 3.05) is 6.54 Å². The minimum atomic E-state index is -0.314. The van der Waals surface area contributed by atoms with Gasteiger partial charge in [-0.15, -0.1) is 0 Å². The summed E-state index contributed by atoms with van der Waals surface area (Å²) < 4.78 is 21.2. The van der Waals surface area contributed by atoms with Crippen LogP contribution in [0.2, 0.25) is 0 Å². The fourth-order valence-electron chi connectivity index (χ4n) is 1.91. The van der Waals surface area contributed by atoms with Crippen LogP contribution in [-0.4, -0.2) is 16.3 Å². The van der Waals surface area contributed by atoms with E-state index in [0.29, 0.717) is 22.6 Å². The SMILES string of the molecule is CCNCc1c(C)nn(C)c1Oc1ccc(F)c(Br)c1. The van der Waals surface area contributed by atoms with Gasteiger partial charge in [-0.1, -0.05) is 6.92 Å². The van der Waals surface area contributed by atoms with Gasteiger partial charge in [0.1, 0.15) is 11.6 Å². The van der Waals surface area contributed by atoms with E-state index < -0.39 is 0 Å². The van der Waals surface area contributed by atoms with Crippen LogP contribution in [0, 0.1) is 12.7 Å². The van der Waals surface area contributed by atoms with Crippen LogP contribution in [0.15, 0.2) is 22.7 Å². The van der Waals surface area contributed by atoms with Gasteiger partial charge in [-0.2, -0.15) is 5.10 Å². The van der Waals surface area contributed by atoms with Crippen LogP contribution >= 0.6 is 15.9 Å². The fourth-order valence-corrected chi connectivity index (χ4v) is 2.27. The Balaban J connectivity index is 2.29. The molecule has 6 heteroatoms. The fraction of sp³-hybridized carbons (Fsp3) is 0.357. The van der Waals surface area contributed by atoms with Crippen molar-refractivity contribution >= 4 is 15.9 Å². The Morgan fingerprint density at radius 1 is 1.45 bits per heavy atom. The molecular weight excluding hydrogens is 325 g/mol. The van der Waals surface area contributed by atoms with E-state index in [1.54, 1.807) is 16.8 Å². The molecule has 108 valence electrons. The van der Waals surface area contributed by atoms with Crippen LogP contribution in [0.3, 0.4) is 0 Å². The van der Waals surface area contributed by atoms with E-state index in [-0.39, 0.29) is 5.82 Å². The largest absolute Gasteiger partial charge is 0.439 e. The monoisotopic (exact) mass is 341 g/mol. The summed E-state index contributed by atoms with van der Waals surface area (Å²) in [5.41, 5.74) is 1.93. The van der Waals surface area contributed by atoms with Crippen LogP contribution in [-0.2, 0) is 13.6 Å².